The van der Waals surface area contributed by atoms with Crippen LogP contribution >= 0.6 is 0 Å². The van der Waals surface area contributed by atoms with Gasteiger partial charge in [0.2, 0.25) is 5.75 Å². The van der Waals surface area contributed by atoms with Crippen molar-refractivity contribution in [2.45, 2.75) is 0 Å². The summed E-state index contributed by atoms with van der Waals surface area (Å²) in [6, 6.07) is 7.67. The average Bonchev–Trinajstić information content (AvgIpc) is 2.47. The van der Waals surface area contributed by atoms with Crippen LogP contribution in [0.4, 0.5) is 10.1 Å². The topological polar surface area (TPSA) is 78.7 Å². The molecule has 0 amide bonds. The molecule has 21 heavy (non-hydrogen) atoms. The van der Waals surface area contributed by atoms with Crippen LogP contribution in [-0.2, 0) is 0 Å². The molecule has 0 bridgehead atoms. The molecule has 0 saturated heterocycles. The van der Waals surface area contributed by atoms with E-state index in [1.165, 1.54) is 37.4 Å². The van der Waals surface area contributed by atoms with Crippen LogP contribution in [0.3, 0.4) is 0 Å². The molecule has 0 radical (unpaired) electrons. The average molecular weight is 291 g/mol. The highest BCUT2D eigenvalue weighted by Crippen LogP contribution is 2.35. The Balaban J connectivity index is 2.50. The number of carbonyl (C=O) groups is 1. The Bertz CT molecular complexity index is 702. The van der Waals surface area contributed by atoms with Gasteiger partial charge in [-0.05, 0) is 18.2 Å². The molecule has 7 heteroatoms. The zero-order chi connectivity index (χ0) is 15.4. The molecule has 0 spiro atoms. The Labute approximate surface area is 118 Å². The van der Waals surface area contributed by atoms with Gasteiger partial charge in [-0.1, -0.05) is 6.07 Å². The molecule has 0 aliphatic heterocycles. The number of nitrogens with zero attached hydrogens (tertiary/aromatic N) is 1. The van der Waals surface area contributed by atoms with Crippen molar-refractivity contribution < 1.29 is 23.6 Å². The van der Waals surface area contributed by atoms with Gasteiger partial charge in [-0.2, -0.15) is 0 Å². The fraction of sp³-hybridized carbons (Fsp3) is 0.0714. The zero-order valence-electron chi connectivity index (χ0n) is 10.9. The number of aldehydes is 1. The van der Waals surface area contributed by atoms with Crippen LogP contribution in [0.25, 0.3) is 0 Å². The molecule has 0 unspecified atom stereocenters. The number of hydrogen-bond donors (Lipinski definition) is 0. The van der Waals surface area contributed by atoms with Gasteiger partial charge in [0.25, 0.3) is 0 Å². The van der Waals surface area contributed by atoms with Crippen molar-refractivity contribution in [1.82, 2.24) is 0 Å². The van der Waals surface area contributed by atoms with Gasteiger partial charge in [0.15, 0.2) is 6.29 Å². The minimum absolute atomic E-state index is 0.110. The summed E-state index contributed by atoms with van der Waals surface area (Å²) in [7, 11) is 1.39. The van der Waals surface area contributed by atoms with Crippen molar-refractivity contribution in [3.8, 4) is 17.2 Å². The number of carbonyl (C=O) groups excluding carboxylic acids is 1. The third kappa shape index (κ3) is 2.97. The standard InChI is InChI=1S/C14H10FNO5/c1-20-9-5-6-12(16(18)19)14(7-9)21-13-4-2-3-11(15)10(13)8-17/h2-8H,1H3. The highest BCUT2D eigenvalue weighted by molar-refractivity contribution is 5.80. The summed E-state index contributed by atoms with van der Waals surface area (Å²) in [5, 5.41) is 11.0. The van der Waals surface area contributed by atoms with E-state index in [0.717, 1.165) is 6.07 Å². The van der Waals surface area contributed by atoms with Crippen molar-refractivity contribution in [3.05, 3.63) is 57.9 Å². The lowest BCUT2D eigenvalue weighted by Crippen LogP contribution is -1.98. The summed E-state index contributed by atoms with van der Waals surface area (Å²) in [5.41, 5.74) is -0.633. The molecule has 0 aromatic heterocycles. The first-order chi connectivity index (χ1) is 10.1. The van der Waals surface area contributed by atoms with Crippen molar-refractivity contribution >= 4 is 12.0 Å². The SMILES string of the molecule is COc1ccc([N+](=O)[O-])c(Oc2cccc(F)c2C=O)c1. The fourth-order valence-electron chi connectivity index (χ4n) is 1.69. The predicted molar refractivity (Wildman–Crippen MR) is 71.5 cm³/mol. The number of methoxy groups -OCH3 is 1. The van der Waals surface area contributed by atoms with E-state index in [0.29, 0.717) is 5.75 Å². The summed E-state index contributed by atoms with van der Waals surface area (Å²) in [4.78, 5) is 21.2. The van der Waals surface area contributed by atoms with Gasteiger partial charge in [0.05, 0.1) is 17.6 Å². The monoisotopic (exact) mass is 291 g/mol. The Morgan fingerprint density at radius 3 is 2.62 bits per heavy atom. The number of nitro benzene ring substituents is 1. The van der Waals surface area contributed by atoms with Gasteiger partial charge < -0.3 is 9.47 Å². The third-order valence-electron chi connectivity index (χ3n) is 2.71. The molecular weight excluding hydrogens is 281 g/mol. The highest BCUT2D eigenvalue weighted by atomic mass is 19.1. The quantitative estimate of drug-likeness (QED) is 0.479. The van der Waals surface area contributed by atoms with E-state index in [1.807, 2.05) is 0 Å². The minimum Gasteiger partial charge on any atom is -0.497 e. The van der Waals surface area contributed by atoms with Crippen LogP contribution in [0.1, 0.15) is 10.4 Å². The summed E-state index contributed by atoms with van der Waals surface area (Å²) >= 11 is 0. The Hall–Kier alpha value is -2.96. The molecular formula is C14H10FNO5. The smallest absolute Gasteiger partial charge is 0.311 e. The van der Waals surface area contributed by atoms with Gasteiger partial charge in [0.1, 0.15) is 17.3 Å². The Kier molecular flexibility index (Phi) is 4.13. The van der Waals surface area contributed by atoms with Crippen molar-refractivity contribution in [1.29, 1.82) is 0 Å². The first-order valence-corrected chi connectivity index (χ1v) is 5.80. The molecule has 0 heterocycles. The highest BCUT2D eigenvalue weighted by Gasteiger charge is 2.19. The molecule has 2 aromatic rings. The molecule has 0 N–H and O–H groups in total. The summed E-state index contributed by atoms with van der Waals surface area (Å²) < 4.78 is 23.8. The van der Waals surface area contributed by atoms with E-state index < -0.39 is 10.7 Å². The number of halogens is 1. The van der Waals surface area contributed by atoms with Crippen molar-refractivity contribution in [3.63, 3.8) is 0 Å². The number of hydrogen-bond acceptors (Lipinski definition) is 5. The van der Waals surface area contributed by atoms with Crippen LogP contribution in [0.5, 0.6) is 17.2 Å². The second kappa shape index (κ2) is 6.00. The zero-order valence-corrected chi connectivity index (χ0v) is 10.9. The summed E-state index contributed by atoms with van der Waals surface area (Å²) in [5.74, 6) is -0.692. The maximum Gasteiger partial charge on any atom is 0.311 e. The van der Waals surface area contributed by atoms with E-state index in [1.54, 1.807) is 0 Å². The second-order valence-corrected chi connectivity index (χ2v) is 3.96. The van der Waals surface area contributed by atoms with Gasteiger partial charge in [-0.25, -0.2) is 4.39 Å². The molecule has 2 aromatic carbocycles. The van der Waals surface area contributed by atoms with Gasteiger partial charge in [-0.3, -0.25) is 14.9 Å². The molecule has 108 valence electrons. The Morgan fingerprint density at radius 2 is 2.00 bits per heavy atom. The van der Waals surface area contributed by atoms with Crippen LogP contribution in [0.15, 0.2) is 36.4 Å². The number of ether oxygens (including phenoxy) is 2. The van der Waals surface area contributed by atoms with Crippen LogP contribution < -0.4 is 9.47 Å². The van der Waals surface area contributed by atoms with Crippen molar-refractivity contribution in [2.24, 2.45) is 0 Å². The molecule has 0 atom stereocenters. The van der Waals surface area contributed by atoms with E-state index in [-0.39, 0.29) is 29.0 Å². The third-order valence-corrected chi connectivity index (χ3v) is 2.71. The van der Waals surface area contributed by atoms with Crippen molar-refractivity contribution in [2.75, 3.05) is 7.11 Å². The lowest BCUT2D eigenvalue weighted by molar-refractivity contribution is -0.385. The minimum atomic E-state index is -0.770. The second-order valence-electron chi connectivity index (χ2n) is 3.96. The van der Waals surface area contributed by atoms with Gasteiger partial charge >= 0.3 is 5.69 Å². The molecule has 0 aliphatic carbocycles. The van der Waals surface area contributed by atoms with Crippen LogP contribution in [-0.4, -0.2) is 18.3 Å². The van der Waals surface area contributed by atoms with E-state index in [2.05, 4.69) is 0 Å². The molecule has 0 saturated carbocycles. The summed E-state index contributed by atoms with van der Waals surface area (Å²) in [6.07, 6.45) is 0.288. The van der Waals surface area contributed by atoms with E-state index in [9.17, 15) is 19.3 Å². The lowest BCUT2D eigenvalue weighted by Gasteiger charge is -2.10. The van der Waals surface area contributed by atoms with Gasteiger partial charge in [-0.15, -0.1) is 0 Å². The normalized spacial score (nSPS) is 10.0. The first kappa shape index (κ1) is 14.4. The number of nitro groups is 1. The van der Waals surface area contributed by atoms with E-state index in [4.69, 9.17) is 9.47 Å². The Morgan fingerprint density at radius 1 is 1.24 bits per heavy atom. The fourth-order valence-corrected chi connectivity index (χ4v) is 1.69. The van der Waals surface area contributed by atoms with Gasteiger partial charge in [0, 0.05) is 12.1 Å². The first-order valence-electron chi connectivity index (χ1n) is 5.80. The lowest BCUT2D eigenvalue weighted by atomic mass is 10.2. The maximum atomic E-state index is 13.5. The van der Waals surface area contributed by atoms with Crippen LogP contribution in [0, 0.1) is 15.9 Å². The maximum absolute atomic E-state index is 13.5. The number of benzene rings is 2. The molecule has 0 aliphatic rings. The van der Waals surface area contributed by atoms with E-state index >= 15 is 0 Å². The molecule has 2 rings (SSSR count). The largest absolute Gasteiger partial charge is 0.497 e. The molecule has 6 nitrogen and oxygen atoms in total. The summed E-state index contributed by atoms with van der Waals surface area (Å²) in [6.45, 7) is 0. The van der Waals surface area contributed by atoms with Crippen LogP contribution in [0.2, 0.25) is 0 Å². The molecule has 0 fully saturated rings. The number of rotatable bonds is 5. The predicted octanol–water partition coefficient (Wildman–Crippen LogP) is 3.35.